The van der Waals surface area contributed by atoms with E-state index in [1.165, 1.54) is 24.6 Å². The minimum Gasteiger partial charge on any atom is -0.379 e. The second-order valence-electron chi connectivity index (χ2n) is 5.37. The number of anilines is 1. The molecule has 0 atom stereocenters. The average molecular weight is 282 g/mol. The molecule has 3 nitrogen and oxygen atoms in total. The monoisotopic (exact) mass is 281 g/mol. The van der Waals surface area contributed by atoms with E-state index in [-0.39, 0.29) is 0 Å². The van der Waals surface area contributed by atoms with Crippen LogP contribution in [0.2, 0.25) is 5.02 Å². The first-order chi connectivity index (χ1) is 8.65. The van der Waals surface area contributed by atoms with Crippen molar-refractivity contribution in [2.24, 2.45) is 11.8 Å². The molecule has 1 aromatic carbocycles. The third-order valence-corrected chi connectivity index (χ3v) is 4.70. The third kappa shape index (κ3) is 2.08. The Labute approximate surface area is 116 Å². The van der Waals surface area contributed by atoms with Crippen LogP contribution in [0.25, 0.3) is 11.0 Å². The van der Waals surface area contributed by atoms with E-state index in [0.717, 1.165) is 33.6 Å². The van der Waals surface area contributed by atoms with Gasteiger partial charge in [0, 0.05) is 6.04 Å². The lowest BCUT2D eigenvalue weighted by Gasteiger charge is -2.39. The Morgan fingerprint density at radius 3 is 2.83 bits per heavy atom. The molecule has 3 rings (SSSR count). The Bertz CT molecular complexity index is 560. The molecule has 0 unspecified atom stereocenters. The van der Waals surface area contributed by atoms with Crippen molar-refractivity contribution >= 4 is 40.0 Å². The number of nitrogens with one attached hydrogen (secondary N) is 1. The number of benzene rings is 1. The van der Waals surface area contributed by atoms with Crippen LogP contribution < -0.4 is 5.32 Å². The molecular formula is C13H16ClN3S. The Kier molecular flexibility index (Phi) is 3.16. The van der Waals surface area contributed by atoms with Crippen LogP contribution in [-0.4, -0.2) is 14.8 Å². The molecule has 1 N–H and O–H groups in total. The van der Waals surface area contributed by atoms with Crippen LogP contribution in [0.5, 0.6) is 0 Å². The molecule has 18 heavy (non-hydrogen) atoms. The zero-order chi connectivity index (χ0) is 12.7. The molecule has 0 radical (unpaired) electrons. The van der Waals surface area contributed by atoms with Gasteiger partial charge in [-0.2, -0.15) is 8.75 Å². The topological polar surface area (TPSA) is 37.8 Å². The van der Waals surface area contributed by atoms with Crippen LogP contribution in [0.3, 0.4) is 0 Å². The molecule has 0 amide bonds. The molecule has 96 valence electrons. The smallest absolute Gasteiger partial charge is 0.129 e. The maximum Gasteiger partial charge on any atom is 0.129 e. The average Bonchev–Trinajstić information content (AvgIpc) is 2.72. The van der Waals surface area contributed by atoms with Gasteiger partial charge in [0.15, 0.2) is 0 Å². The highest BCUT2D eigenvalue weighted by atomic mass is 35.5. The SMILES string of the molecule is CC(C)C1CC(Nc2c(Cl)ccc3nsnc23)C1. The second-order valence-corrected chi connectivity index (χ2v) is 6.31. The highest BCUT2D eigenvalue weighted by Crippen LogP contribution is 2.38. The summed E-state index contributed by atoms with van der Waals surface area (Å²) >= 11 is 7.49. The van der Waals surface area contributed by atoms with Crippen molar-refractivity contribution in [3.05, 3.63) is 17.2 Å². The van der Waals surface area contributed by atoms with Crippen LogP contribution in [0.15, 0.2) is 12.1 Å². The first kappa shape index (κ1) is 12.2. The predicted octanol–water partition coefficient (Wildman–Crippen LogP) is 4.19. The summed E-state index contributed by atoms with van der Waals surface area (Å²) in [4.78, 5) is 0. The van der Waals surface area contributed by atoms with Gasteiger partial charge in [-0.15, -0.1) is 0 Å². The van der Waals surface area contributed by atoms with Crippen LogP contribution in [0.1, 0.15) is 26.7 Å². The number of hydrogen-bond donors (Lipinski definition) is 1. The molecule has 0 bridgehead atoms. The lowest BCUT2D eigenvalue weighted by atomic mass is 9.73. The van der Waals surface area contributed by atoms with E-state index in [4.69, 9.17) is 11.6 Å². The normalized spacial score (nSPS) is 23.3. The third-order valence-electron chi connectivity index (χ3n) is 3.84. The van der Waals surface area contributed by atoms with Gasteiger partial charge in [0.25, 0.3) is 0 Å². The van der Waals surface area contributed by atoms with Gasteiger partial charge in [-0.25, -0.2) is 0 Å². The summed E-state index contributed by atoms with van der Waals surface area (Å²) in [6.45, 7) is 4.58. The van der Waals surface area contributed by atoms with Crippen molar-refractivity contribution in [2.75, 3.05) is 5.32 Å². The summed E-state index contributed by atoms with van der Waals surface area (Å²) in [5.74, 6) is 1.62. The van der Waals surface area contributed by atoms with E-state index in [0.29, 0.717) is 6.04 Å². The lowest BCUT2D eigenvalue weighted by Crippen LogP contribution is -2.38. The van der Waals surface area contributed by atoms with E-state index < -0.39 is 0 Å². The Hall–Kier alpha value is -0.870. The van der Waals surface area contributed by atoms with Crippen LogP contribution in [0.4, 0.5) is 5.69 Å². The number of fused-ring (bicyclic) bond motifs is 1. The molecule has 0 aliphatic heterocycles. The molecule has 0 spiro atoms. The first-order valence-corrected chi connectivity index (χ1v) is 7.43. The van der Waals surface area contributed by atoms with Crippen molar-refractivity contribution in [3.8, 4) is 0 Å². The van der Waals surface area contributed by atoms with E-state index in [2.05, 4.69) is 27.9 Å². The van der Waals surface area contributed by atoms with Crippen LogP contribution >= 0.6 is 23.3 Å². The minimum absolute atomic E-state index is 0.530. The number of halogens is 1. The van der Waals surface area contributed by atoms with Crippen molar-refractivity contribution in [1.82, 2.24) is 8.75 Å². The summed E-state index contributed by atoms with van der Waals surface area (Å²) in [7, 11) is 0. The molecule has 1 aliphatic carbocycles. The van der Waals surface area contributed by atoms with Crippen molar-refractivity contribution in [2.45, 2.75) is 32.7 Å². The van der Waals surface area contributed by atoms with E-state index in [9.17, 15) is 0 Å². The van der Waals surface area contributed by atoms with Gasteiger partial charge in [0.2, 0.25) is 0 Å². The van der Waals surface area contributed by atoms with E-state index in [1.54, 1.807) is 0 Å². The fraction of sp³-hybridized carbons (Fsp3) is 0.538. The predicted molar refractivity (Wildman–Crippen MR) is 77.4 cm³/mol. The zero-order valence-corrected chi connectivity index (χ0v) is 12.1. The molecular weight excluding hydrogens is 266 g/mol. The van der Waals surface area contributed by atoms with Crippen molar-refractivity contribution < 1.29 is 0 Å². The van der Waals surface area contributed by atoms with Gasteiger partial charge in [-0.3, -0.25) is 0 Å². The first-order valence-electron chi connectivity index (χ1n) is 6.32. The largest absolute Gasteiger partial charge is 0.379 e. The van der Waals surface area contributed by atoms with Gasteiger partial charge in [-0.1, -0.05) is 25.4 Å². The number of nitrogens with zero attached hydrogens (tertiary/aromatic N) is 2. The zero-order valence-electron chi connectivity index (χ0n) is 10.5. The van der Waals surface area contributed by atoms with Gasteiger partial charge >= 0.3 is 0 Å². The summed E-state index contributed by atoms with van der Waals surface area (Å²) in [6.07, 6.45) is 2.45. The summed E-state index contributed by atoms with van der Waals surface area (Å²) in [5.41, 5.74) is 2.78. The van der Waals surface area contributed by atoms with Gasteiger partial charge in [0.1, 0.15) is 11.0 Å². The molecule has 2 aromatic rings. The second kappa shape index (κ2) is 4.67. The van der Waals surface area contributed by atoms with Crippen molar-refractivity contribution in [3.63, 3.8) is 0 Å². The summed E-state index contributed by atoms with van der Waals surface area (Å²) in [5, 5.41) is 4.27. The Balaban J connectivity index is 1.79. The molecule has 0 saturated heterocycles. The standard InChI is InChI=1S/C13H16ClN3S/c1-7(2)8-5-9(6-8)15-12-10(14)3-4-11-13(12)17-18-16-11/h3-4,7-9,15H,5-6H2,1-2H3. The highest BCUT2D eigenvalue weighted by molar-refractivity contribution is 7.00. The fourth-order valence-electron chi connectivity index (χ4n) is 2.49. The molecule has 1 aromatic heterocycles. The highest BCUT2D eigenvalue weighted by Gasteiger charge is 2.31. The maximum absolute atomic E-state index is 6.26. The Morgan fingerprint density at radius 1 is 1.33 bits per heavy atom. The molecule has 1 fully saturated rings. The van der Waals surface area contributed by atoms with Gasteiger partial charge < -0.3 is 5.32 Å². The maximum atomic E-state index is 6.26. The van der Waals surface area contributed by atoms with E-state index in [1.807, 2.05) is 12.1 Å². The fourth-order valence-corrected chi connectivity index (χ4v) is 3.24. The van der Waals surface area contributed by atoms with Gasteiger partial charge in [0.05, 0.1) is 22.4 Å². The minimum atomic E-state index is 0.530. The molecule has 1 heterocycles. The number of rotatable bonds is 3. The van der Waals surface area contributed by atoms with Crippen LogP contribution in [-0.2, 0) is 0 Å². The quantitative estimate of drug-likeness (QED) is 0.917. The van der Waals surface area contributed by atoms with Crippen molar-refractivity contribution in [1.29, 1.82) is 0 Å². The summed E-state index contributed by atoms with van der Waals surface area (Å²) < 4.78 is 8.58. The molecule has 1 aliphatic rings. The van der Waals surface area contributed by atoms with Crippen LogP contribution in [0, 0.1) is 11.8 Å². The summed E-state index contributed by atoms with van der Waals surface area (Å²) in [6, 6.07) is 4.35. The van der Waals surface area contributed by atoms with Gasteiger partial charge in [-0.05, 0) is 36.8 Å². The molecule has 5 heteroatoms. The lowest BCUT2D eigenvalue weighted by molar-refractivity contribution is 0.212. The Morgan fingerprint density at radius 2 is 2.11 bits per heavy atom. The molecule has 1 saturated carbocycles. The van der Waals surface area contributed by atoms with E-state index >= 15 is 0 Å². The number of aromatic nitrogens is 2. The number of hydrogen-bond acceptors (Lipinski definition) is 4.